The lowest BCUT2D eigenvalue weighted by atomic mass is 9.99. The number of hydrogen-bond donors (Lipinski definition) is 5. The first-order valence-electron chi connectivity index (χ1n) is 16.7. The van der Waals surface area contributed by atoms with Crippen LogP contribution in [-0.4, -0.2) is 78.4 Å². The largest absolute Gasteiger partial charge is 0.488 e. The summed E-state index contributed by atoms with van der Waals surface area (Å²) in [6.07, 6.45) is -0.315. The average Bonchev–Trinajstić information content (AvgIpc) is 3.59. The topological polar surface area (TPSA) is 168 Å². The lowest BCUT2D eigenvalue weighted by Crippen LogP contribution is -2.49. The van der Waals surface area contributed by atoms with E-state index in [-0.39, 0.29) is 42.8 Å². The van der Waals surface area contributed by atoms with Gasteiger partial charge in [0.2, 0.25) is 6.79 Å². The number of likely N-dealkylation sites (N-methyl/N-ethyl adjacent to an activating group) is 1. The maximum atomic E-state index is 13.9. The molecule has 4 aromatic carbocycles. The van der Waals surface area contributed by atoms with Gasteiger partial charge in [-0.2, -0.15) is 0 Å². The van der Waals surface area contributed by atoms with E-state index in [0.29, 0.717) is 65.2 Å². The fourth-order valence-electron chi connectivity index (χ4n) is 6.04. The molecule has 0 saturated carbocycles. The van der Waals surface area contributed by atoms with E-state index in [1.807, 2.05) is 38.2 Å². The van der Waals surface area contributed by atoms with Gasteiger partial charge in [-0.15, -0.1) is 0 Å². The molecule has 0 unspecified atom stereocenters. The van der Waals surface area contributed by atoms with E-state index in [1.165, 1.54) is 0 Å². The first-order chi connectivity index (χ1) is 24.6. The molecule has 0 aliphatic carbocycles. The van der Waals surface area contributed by atoms with Gasteiger partial charge in [0, 0.05) is 48.6 Å². The summed E-state index contributed by atoms with van der Waals surface area (Å²) in [5.41, 5.74) is 9.74. The minimum atomic E-state index is -0.503. The second-order valence-electron chi connectivity index (χ2n) is 12.9. The van der Waals surface area contributed by atoms with Gasteiger partial charge >= 0.3 is 6.03 Å². The van der Waals surface area contributed by atoms with Gasteiger partial charge in [0.15, 0.2) is 11.5 Å². The van der Waals surface area contributed by atoms with E-state index in [9.17, 15) is 19.5 Å². The third-order valence-electron chi connectivity index (χ3n) is 8.92. The van der Waals surface area contributed by atoms with Gasteiger partial charge in [0.05, 0.1) is 29.6 Å². The van der Waals surface area contributed by atoms with Crippen LogP contribution in [0.5, 0.6) is 17.2 Å². The van der Waals surface area contributed by atoms with Crippen LogP contribution in [0.4, 0.5) is 27.5 Å². The molecule has 51 heavy (non-hydrogen) atoms. The fraction of sp³-hybridized carbons (Fsp3) is 0.289. The first kappa shape index (κ1) is 35.1. The summed E-state index contributed by atoms with van der Waals surface area (Å²) in [6, 6.07) is 23.6. The summed E-state index contributed by atoms with van der Waals surface area (Å²) in [6.45, 7) is 5.22. The fourth-order valence-corrected chi connectivity index (χ4v) is 6.04. The number of anilines is 4. The summed E-state index contributed by atoms with van der Waals surface area (Å²) < 4.78 is 17.3. The molecule has 13 nitrogen and oxygen atoms in total. The van der Waals surface area contributed by atoms with Crippen molar-refractivity contribution in [1.82, 2.24) is 9.80 Å². The third kappa shape index (κ3) is 8.34. The van der Waals surface area contributed by atoms with Crippen LogP contribution in [-0.2, 0) is 6.54 Å². The van der Waals surface area contributed by atoms with Crippen LogP contribution >= 0.6 is 0 Å². The molecule has 2 aliphatic heterocycles. The molecule has 0 aromatic heterocycles. The van der Waals surface area contributed by atoms with E-state index in [1.54, 1.807) is 72.5 Å². The number of para-hydroxylation sites is 2. The van der Waals surface area contributed by atoms with E-state index in [2.05, 4.69) is 20.9 Å². The number of fused-ring (bicyclic) bond motifs is 2. The molecule has 6 N–H and O–H groups in total. The number of carbonyl (C=O) groups is 3. The molecule has 266 valence electrons. The number of urea groups is 1. The molecule has 2 heterocycles. The Morgan fingerprint density at radius 1 is 0.941 bits per heavy atom. The number of benzene rings is 4. The number of aliphatic hydroxyl groups excluding tert-OH is 1. The lowest BCUT2D eigenvalue weighted by Gasteiger charge is -2.38. The number of carbonyl (C=O) groups excluding carboxylic acids is 3. The standard InChI is InChI=1S/C38H42N6O7/c1-23-18-44(24(2)21-45)37(47)29-16-27(40-38(48)41-28-13-15-33-34(17-28)50-22-49-33)12-14-32(29)51-35(23)20-43(3)19-25-8-10-26(11-9-25)36(46)42-31-7-5-4-6-30(31)39/h4-17,23-24,35,45H,18-22,39H2,1-3H3,(H,42,46)(H2,40,41,48)/t23-,24+,35+/m1/s1. The zero-order chi connectivity index (χ0) is 36.1. The maximum Gasteiger partial charge on any atom is 0.323 e. The number of amides is 4. The average molecular weight is 695 g/mol. The van der Waals surface area contributed by atoms with Crippen LogP contribution in [0.2, 0.25) is 0 Å². The molecule has 6 rings (SSSR count). The van der Waals surface area contributed by atoms with Crippen molar-refractivity contribution in [2.45, 2.75) is 32.5 Å². The van der Waals surface area contributed by atoms with Crippen LogP contribution in [0.25, 0.3) is 0 Å². The maximum absolute atomic E-state index is 13.9. The van der Waals surface area contributed by atoms with Gasteiger partial charge in [-0.05, 0) is 74.1 Å². The molecular formula is C38H42N6O7. The second-order valence-corrected chi connectivity index (χ2v) is 12.9. The van der Waals surface area contributed by atoms with Gasteiger partial charge in [-0.25, -0.2) is 4.79 Å². The van der Waals surface area contributed by atoms with E-state index >= 15 is 0 Å². The molecule has 4 aromatic rings. The minimum Gasteiger partial charge on any atom is -0.488 e. The van der Waals surface area contributed by atoms with Crippen LogP contribution in [0, 0.1) is 5.92 Å². The van der Waals surface area contributed by atoms with Crippen molar-refractivity contribution >= 4 is 40.6 Å². The lowest BCUT2D eigenvalue weighted by molar-refractivity contribution is 0.0341. The quantitative estimate of drug-likeness (QED) is 0.139. The Kier molecular flexibility index (Phi) is 10.6. The predicted molar refractivity (Wildman–Crippen MR) is 194 cm³/mol. The first-order valence-corrected chi connectivity index (χ1v) is 16.7. The molecule has 13 heteroatoms. The Balaban J connectivity index is 1.13. The number of nitrogens with one attached hydrogen (secondary N) is 3. The van der Waals surface area contributed by atoms with Crippen molar-refractivity contribution in [3.63, 3.8) is 0 Å². The smallest absolute Gasteiger partial charge is 0.323 e. The molecule has 0 fully saturated rings. The van der Waals surface area contributed by atoms with Gasteiger partial charge in [0.25, 0.3) is 11.8 Å². The molecule has 0 bridgehead atoms. The number of hydrogen-bond acceptors (Lipinski definition) is 9. The van der Waals surface area contributed by atoms with E-state index < -0.39 is 12.1 Å². The summed E-state index contributed by atoms with van der Waals surface area (Å²) >= 11 is 0. The predicted octanol–water partition coefficient (Wildman–Crippen LogP) is 5.25. The van der Waals surface area contributed by atoms with Gasteiger partial charge in [0.1, 0.15) is 11.9 Å². The Hall–Kier alpha value is -5.79. The summed E-state index contributed by atoms with van der Waals surface area (Å²) in [7, 11) is 1.99. The SMILES string of the molecule is C[C@@H]1CN([C@@H](C)CO)C(=O)c2cc(NC(=O)Nc3ccc4c(c3)OCO4)ccc2O[C@H]1CN(C)Cc1ccc(C(=O)Nc2ccccc2N)cc1. The Bertz CT molecular complexity index is 1900. The second kappa shape index (κ2) is 15.4. The van der Waals surface area contributed by atoms with Gasteiger partial charge in [-0.3, -0.25) is 14.5 Å². The highest BCUT2D eigenvalue weighted by molar-refractivity contribution is 6.06. The van der Waals surface area contributed by atoms with Gasteiger partial charge in [-0.1, -0.05) is 31.2 Å². The Labute approximate surface area is 296 Å². The Morgan fingerprint density at radius 2 is 1.63 bits per heavy atom. The van der Waals surface area contributed by atoms with Crippen LogP contribution in [0.15, 0.2) is 84.9 Å². The minimum absolute atomic E-state index is 0.0830. The summed E-state index contributed by atoms with van der Waals surface area (Å²) in [4.78, 5) is 43.3. The number of nitrogens with zero attached hydrogens (tertiary/aromatic N) is 2. The third-order valence-corrected chi connectivity index (χ3v) is 8.92. The summed E-state index contributed by atoms with van der Waals surface area (Å²) in [5, 5.41) is 18.4. The highest BCUT2D eigenvalue weighted by Gasteiger charge is 2.33. The molecule has 4 amide bonds. The van der Waals surface area contributed by atoms with Crippen molar-refractivity contribution in [3.05, 3.63) is 102 Å². The summed E-state index contributed by atoms with van der Waals surface area (Å²) in [5.74, 6) is 0.896. The van der Waals surface area contributed by atoms with Crippen molar-refractivity contribution in [2.75, 3.05) is 55.2 Å². The van der Waals surface area contributed by atoms with Crippen molar-refractivity contribution in [1.29, 1.82) is 0 Å². The number of rotatable bonds is 10. The molecular weight excluding hydrogens is 652 g/mol. The zero-order valence-corrected chi connectivity index (χ0v) is 28.7. The van der Waals surface area contributed by atoms with Crippen molar-refractivity contribution < 1.29 is 33.7 Å². The monoisotopic (exact) mass is 694 g/mol. The van der Waals surface area contributed by atoms with Crippen molar-refractivity contribution in [2.24, 2.45) is 5.92 Å². The number of aliphatic hydroxyl groups is 1. The van der Waals surface area contributed by atoms with Crippen LogP contribution < -0.4 is 35.9 Å². The van der Waals surface area contributed by atoms with Gasteiger partial charge < -0.3 is 45.9 Å². The number of nitrogens with two attached hydrogens (primary N) is 1. The number of nitrogen functional groups attached to an aromatic ring is 1. The molecule has 3 atom stereocenters. The van der Waals surface area contributed by atoms with E-state index in [4.69, 9.17) is 19.9 Å². The molecule has 0 spiro atoms. The highest BCUT2D eigenvalue weighted by atomic mass is 16.7. The van der Waals surface area contributed by atoms with E-state index in [0.717, 1.165) is 5.56 Å². The zero-order valence-electron chi connectivity index (χ0n) is 28.7. The number of ether oxygens (including phenoxy) is 3. The van der Waals surface area contributed by atoms with Crippen LogP contribution in [0.3, 0.4) is 0 Å². The normalized spacial score (nSPS) is 17.1. The Morgan fingerprint density at radius 3 is 2.35 bits per heavy atom. The molecule has 0 saturated heterocycles. The molecule has 0 radical (unpaired) electrons. The molecule has 2 aliphatic rings. The van der Waals surface area contributed by atoms with Crippen molar-refractivity contribution in [3.8, 4) is 17.2 Å². The van der Waals surface area contributed by atoms with Crippen LogP contribution in [0.1, 0.15) is 40.1 Å². The highest BCUT2D eigenvalue weighted by Crippen LogP contribution is 2.35.